The number of benzene rings is 1. The molecule has 1 aliphatic rings. The highest BCUT2D eigenvalue weighted by Crippen LogP contribution is 2.26. The Kier molecular flexibility index (Phi) is 5.01. The Hall–Kier alpha value is -1.11. The third kappa shape index (κ3) is 3.13. The normalized spacial score (nSPS) is 20.8. The van der Waals surface area contributed by atoms with Crippen LogP contribution in [-0.2, 0) is 10.0 Å². The molecule has 0 aliphatic carbocycles. The molecule has 1 aliphatic heterocycles. The van der Waals surface area contributed by atoms with Gasteiger partial charge in [-0.25, -0.2) is 8.42 Å². The van der Waals surface area contributed by atoms with Gasteiger partial charge in [0.2, 0.25) is 10.0 Å². The fraction of sp³-hybridized carbons (Fsp3) is 0.571. The van der Waals surface area contributed by atoms with Gasteiger partial charge in [-0.15, -0.1) is 0 Å². The van der Waals surface area contributed by atoms with Gasteiger partial charge < -0.3 is 10.5 Å². The molecule has 1 saturated heterocycles. The van der Waals surface area contributed by atoms with Gasteiger partial charge >= 0.3 is 0 Å². The van der Waals surface area contributed by atoms with E-state index in [0.717, 1.165) is 19.3 Å². The summed E-state index contributed by atoms with van der Waals surface area (Å²) in [5.74, 6) is 0.579. The molecule has 1 heterocycles. The number of piperidine rings is 1. The monoisotopic (exact) mass is 298 g/mol. The van der Waals surface area contributed by atoms with E-state index in [-0.39, 0.29) is 10.9 Å². The van der Waals surface area contributed by atoms with Crippen LogP contribution in [0.25, 0.3) is 0 Å². The molecule has 5 nitrogen and oxygen atoms in total. The molecule has 2 rings (SSSR count). The lowest BCUT2D eigenvalue weighted by atomic mass is 10.1. The predicted octanol–water partition coefficient (Wildman–Crippen LogP) is 1.59. The van der Waals surface area contributed by atoms with Crippen molar-refractivity contribution >= 4 is 10.0 Å². The van der Waals surface area contributed by atoms with Gasteiger partial charge in [0, 0.05) is 25.2 Å². The van der Waals surface area contributed by atoms with Crippen molar-refractivity contribution in [1.82, 2.24) is 4.31 Å². The Morgan fingerprint density at radius 2 is 2.20 bits per heavy atom. The van der Waals surface area contributed by atoms with Crippen LogP contribution in [0.15, 0.2) is 29.2 Å². The fourth-order valence-corrected chi connectivity index (χ4v) is 4.29. The summed E-state index contributed by atoms with van der Waals surface area (Å²) in [7, 11) is -3.49. The highest BCUT2D eigenvalue weighted by atomic mass is 32.2. The summed E-state index contributed by atoms with van der Waals surface area (Å²) >= 11 is 0. The Morgan fingerprint density at radius 3 is 2.90 bits per heavy atom. The minimum absolute atomic E-state index is 0.0931. The standard InChI is InChI=1S/C14H22N2O3S/c1-2-19-13-7-5-8-14(10-13)20(17,18)16-9-4-3-6-12(16)11-15/h5,7-8,10,12H,2-4,6,9,11,15H2,1H3. The van der Waals surface area contributed by atoms with Crippen LogP contribution in [0.1, 0.15) is 26.2 Å². The molecule has 0 radical (unpaired) electrons. The smallest absolute Gasteiger partial charge is 0.243 e. The van der Waals surface area contributed by atoms with E-state index in [1.807, 2.05) is 6.92 Å². The van der Waals surface area contributed by atoms with Crippen molar-refractivity contribution in [3.8, 4) is 5.75 Å². The number of sulfonamides is 1. The summed E-state index contributed by atoms with van der Waals surface area (Å²) in [6, 6.07) is 6.57. The van der Waals surface area contributed by atoms with Crippen LogP contribution in [-0.4, -0.2) is 38.5 Å². The average Bonchev–Trinajstić information content (AvgIpc) is 2.48. The number of rotatable bonds is 5. The van der Waals surface area contributed by atoms with Gasteiger partial charge in [-0.05, 0) is 31.9 Å². The van der Waals surface area contributed by atoms with Gasteiger partial charge in [0.05, 0.1) is 11.5 Å². The zero-order valence-electron chi connectivity index (χ0n) is 11.8. The average molecular weight is 298 g/mol. The van der Waals surface area contributed by atoms with E-state index in [9.17, 15) is 8.42 Å². The van der Waals surface area contributed by atoms with Gasteiger partial charge in [-0.3, -0.25) is 0 Å². The molecular weight excluding hydrogens is 276 g/mol. The fourth-order valence-electron chi connectivity index (χ4n) is 2.55. The van der Waals surface area contributed by atoms with E-state index in [1.54, 1.807) is 28.6 Å². The van der Waals surface area contributed by atoms with Crippen molar-refractivity contribution in [3.05, 3.63) is 24.3 Å². The summed E-state index contributed by atoms with van der Waals surface area (Å²) < 4.78 is 32.4. The number of nitrogens with two attached hydrogens (primary N) is 1. The minimum Gasteiger partial charge on any atom is -0.494 e. The summed E-state index contributed by atoms with van der Waals surface area (Å²) in [6.45, 7) is 3.29. The second-order valence-corrected chi connectivity index (χ2v) is 6.80. The van der Waals surface area contributed by atoms with E-state index in [0.29, 0.717) is 25.4 Å². The molecule has 6 heteroatoms. The SMILES string of the molecule is CCOc1cccc(S(=O)(=O)N2CCCCC2CN)c1. The predicted molar refractivity (Wildman–Crippen MR) is 78.2 cm³/mol. The second kappa shape index (κ2) is 6.56. The van der Waals surface area contributed by atoms with E-state index in [4.69, 9.17) is 10.5 Å². The maximum Gasteiger partial charge on any atom is 0.243 e. The highest BCUT2D eigenvalue weighted by molar-refractivity contribution is 7.89. The maximum absolute atomic E-state index is 12.7. The van der Waals surface area contributed by atoms with Gasteiger partial charge in [-0.1, -0.05) is 12.5 Å². The first kappa shape index (κ1) is 15.3. The molecule has 20 heavy (non-hydrogen) atoms. The molecule has 1 unspecified atom stereocenters. The van der Waals surface area contributed by atoms with Crippen LogP contribution in [0.4, 0.5) is 0 Å². The molecule has 0 amide bonds. The van der Waals surface area contributed by atoms with Crippen molar-refractivity contribution in [3.63, 3.8) is 0 Å². The Balaban J connectivity index is 2.31. The number of nitrogens with zero attached hydrogens (tertiary/aromatic N) is 1. The molecule has 112 valence electrons. The van der Waals surface area contributed by atoms with Crippen LogP contribution in [0, 0.1) is 0 Å². The molecule has 1 atom stereocenters. The van der Waals surface area contributed by atoms with E-state index < -0.39 is 10.0 Å². The van der Waals surface area contributed by atoms with Crippen molar-refractivity contribution in [2.24, 2.45) is 5.73 Å². The van der Waals surface area contributed by atoms with Crippen molar-refractivity contribution in [1.29, 1.82) is 0 Å². The van der Waals surface area contributed by atoms with Crippen LogP contribution in [0.3, 0.4) is 0 Å². The Morgan fingerprint density at radius 1 is 1.40 bits per heavy atom. The van der Waals surface area contributed by atoms with E-state index in [1.165, 1.54) is 0 Å². The van der Waals surface area contributed by atoms with Gasteiger partial charge in [0.25, 0.3) is 0 Å². The molecule has 0 aromatic heterocycles. The summed E-state index contributed by atoms with van der Waals surface area (Å²) in [6.07, 6.45) is 2.76. The molecular formula is C14H22N2O3S. The second-order valence-electron chi connectivity index (χ2n) is 4.91. The summed E-state index contributed by atoms with van der Waals surface area (Å²) in [5, 5.41) is 0. The van der Waals surface area contributed by atoms with E-state index in [2.05, 4.69) is 0 Å². The largest absolute Gasteiger partial charge is 0.494 e. The zero-order valence-corrected chi connectivity index (χ0v) is 12.6. The third-order valence-electron chi connectivity index (χ3n) is 3.57. The zero-order chi connectivity index (χ0) is 14.6. The Labute approximate surface area is 120 Å². The third-order valence-corrected chi connectivity index (χ3v) is 5.52. The summed E-state index contributed by atoms with van der Waals surface area (Å²) in [4.78, 5) is 0.281. The first-order valence-electron chi connectivity index (χ1n) is 7.04. The highest BCUT2D eigenvalue weighted by Gasteiger charge is 2.32. The number of hydrogen-bond acceptors (Lipinski definition) is 4. The van der Waals surface area contributed by atoms with Crippen LogP contribution >= 0.6 is 0 Å². The molecule has 0 bridgehead atoms. The van der Waals surface area contributed by atoms with Crippen LogP contribution in [0.2, 0.25) is 0 Å². The number of ether oxygens (including phenoxy) is 1. The maximum atomic E-state index is 12.7. The Bertz CT molecular complexity index is 545. The number of hydrogen-bond donors (Lipinski definition) is 1. The molecule has 0 saturated carbocycles. The van der Waals surface area contributed by atoms with Crippen LogP contribution < -0.4 is 10.5 Å². The topological polar surface area (TPSA) is 72.6 Å². The molecule has 1 fully saturated rings. The van der Waals surface area contributed by atoms with Crippen molar-refractivity contribution in [2.75, 3.05) is 19.7 Å². The van der Waals surface area contributed by atoms with Crippen molar-refractivity contribution in [2.45, 2.75) is 37.1 Å². The minimum atomic E-state index is -3.49. The molecule has 1 aromatic carbocycles. The lowest BCUT2D eigenvalue weighted by Crippen LogP contribution is -2.47. The van der Waals surface area contributed by atoms with Gasteiger partial charge in [0.15, 0.2) is 0 Å². The van der Waals surface area contributed by atoms with E-state index >= 15 is 0 Å². The lowest BCUT2D eigenvalue weighted by Gasteiger charge is -2.33. The first-order valence-corrected chi connectivity index (χ1v) is 8.48. The molecule has 1 aromatic rings. The van der Waals surface area contributed by atoms with Crippen molar-refractivity contribution < 1.29 is 13.2 Å². The first-order chi connectivity index (χ1) is 9.59. The lowest BCUT2D eigenvalue weighted by molar-refractivity contribution is 0.257. The van der Waals surface area contributed by atoms with Crippen LogP contribution in [0.5, 0.6) is 5.75 Å². The van der Waals surface area contributed by atoms with Gasteiger partial charge in [-0.2, -0.15) is 4.31 Å². The summed E-state index contributed by atoms with van der Waals surface area (Å²) in [5.41, 5.74) is 5.72. The molecule has 2 N–H and O–H groups in total. The van der Waals surface area contributed by atoms with Gasteiger partial charge in [0.1, 0.15) is 5.75 Å². The molecule has 0 spiro atoms. The quantitative estimate of drug-likeness (QED) is 0.896.